The summed E-state index contributed by atoms with van der Waals surface area (Å²) in [6, 6.07) is 8.71. The summed E-state index contributed by atoms with van der Waals surface area (Å²) in [4.78, 5) is 43.4. The number of hydrogen-bond donors (Lipinski definition) is 2. The van der Waals surface area contributed by atoms with Crippen LogP contribution in [0.15, 0.2) is 34.9 Å². The minimum absolute atomic E-state index is 0.00468. The zero-order chi connectivity index (χ0) is 25.6. The van der Waals surface area contributed by atoms with Gasteiger partial charge in [0.05, 0.1) is 35.7 Å². The molecule has 1 aromatic rings. The third kappa shape index (κ3) is 4.44. The van der Waals surface area contributed by atoms with Gasteiger partial charge in [0.25, 0.3) is 0 Å². The van der Waals surface area contributed by atoms with Crippen molar-refractivity contribution in [3.8, 4) is 6.07 Å². The van der Waals surface area contributed by atoms with Gasteiger partial charge in [-0.05, 0) is 31.0 Å². The summed E-state index contributed by atoms with van der Waals surface area (Å²) >= 11 is 1.44. The lowest BCUT2D eigenvalue weighted by molar-refractivity contribution is -0.163. The summed E-state index contributed by atoms with van der Waals surface area (Å²) < 4.78 is 0. The standard InChI is InChI=1S/C25H30N4O5S/c1-13-20-19(14(2)30)24(32)29(20)21(25(33)34)22(13)35-17-9-18(23(31)27(3)4)28(12-17)11-16-7-5-6-15(8-16)10-26/h5-8,13-14,17-20,30H,9,11-12H2,1-4H3,(H,33,34)/t13-,14-,17+,18+,19-,20-/m1/s1. The number of rotatable bonds is 7. The van der Waals surface area contributed by atoms with Crippen LogP contribution >= 0.6 is 11.8 Å². The summed E-state index contributed by atoms with van der Waals surface area (Å²) in [7, 11) is 3.43. The van der Waals surface area contributed by atoms with Gasteiger partial charge >= 0.3 is 5.97 Å². The quantitative estimate of drug-likeness (QED) is 0.542. The van der Waals surface area contributed by atoms with E-state index in [1.807, 2.05) is 25.1 Å². The first-order valence-electron chi connectivity index (χ1n) is 11.6. The number of carbonyl (C=O) groups excluding carboxylic acids is 2. The number of aliphatic hydroxyl groups excluding tert-OH is 1. The largest absolute Gasteiger partial charge is 0.477 e. The molecule has 0 spiro atoms. The summed E-state index contributed by atoms with van der Waals surface area (Å²) in [5.74, 6) is -2.34. The van der Waals surface area contributed by atoms with Crippen LogP contribution in [-0.2, 0) is 20.9 Å². The molecule has 6 atom stereocenters. The highest BCUT2D eigenvalue weighted by molar-refractivity contribution is 8.03. The first-order chi connectivity index (χ1) is 16.5. The molecule has 4 rings (SSSR count). The fraction of sp³-hybridized carbons (Fsp3) is 0.520. The molecule has 0 bridgehead atoms. The number of carboxylic acid groups (broad SMARTS) is 1. The predicted molar refractivity (Wildman–Crippen MR) is 130 cm³/mol. The second-order valence-electron chi connectivity index (χ2n) is 9.74. The molecule has 2 amide bonds. The van der Waals surface area contributed by atoms with E-state index in [0.29, 0.717) is 30.0 Å². The zero-order valence-electron chi connectivity index (χ0n) is 20.2. The smallest absolute Gasteiger partial charge is 0.353 e. The van der Waals surface area contributed by atoms with Crippen molar-refractivity contribution in [2.45, 2.75) is 50.3 Å². The molecular weight excluding hydrogens is 468 g/mol. The van der Waals surface area contributed by atoms with Gasteiger partial charge in [0.2, 0.25) is 11.8 Å². The Hall–Kier alpha value is -2.87. The number of carbonyl (C=O) groups is 3. The lowest BCUT2D eigenvalue weighted by Crippen LogP contribution is -2.63. The Morgan fingerprint density at radius 2 is 2.06 bits per heavy atom. The van der Waals surface area contributed by atoms with Crippen molar-refractivity contribution in [3.05, 3.63) is 46.0 Å². The number of benzene rings is 1. The topological polar surface area (TPSA) is 125 Å². The van der Waals surface area contributed by atoms with Crippen molar-refractivity contribution < 1.29 is 24.6 Å². The number of thioether (sulfide) groups is 1. The van der Waals surface area contributed by atoms with Crippen LogP contribution in [0.25, 0.3) is 0 Å². The molecule has 2 N–H and O–H groups in total. The molecule has 0 aromatic heterocycles. The van der Waals surface area contributed by atoms with Gasteiger partial charge < -0.3 is 20.0 Å². The molecule has 0 radical (unpaired) electrons. The van der Waals surface area contributed by atoms with Gasteiger partial charge in [-0.1, -0.05) is 19.1 Å². The average Bonchev–Trinajstić information content (AvgIpc) is 3.30. The molecule has 3 aliphatic heterocycles. The van der Waals surface area contributed by atoms with Gasteiger partial charge in [-0.2, -0.15) is 5.26 Å². The fourth-order valence-electron chi connectivity index (χ4n) is 5.51. The number of amides is 2. The Morgan fingerprint density at radius 1 is 1.34 bits per heavy atom. The van der Waals surface area contributed by atoms with Gasteiger partial charge in [0, 0.05) is 43.3 Å². The van der Waals surface area contributed by atoms with Crippen molar-refractivity contribution in [1.82, 2.24) is 14.7 Å². The second kappa shape index (κ2) is 9.64. The molecule has 1 aromatic carbocycles. The molecule has 10 heteroatoms. The number of nitriles is 1. The van der Waals surface area contributed by atoms with Crippen LogP contribution in [0.2, 0.25) is 0 Å². The molecule has 0 saturated carbocycles. The van der Waals surface area contributed by atoms with Crippen LogP contribution in [-0.4, -0.2) is 86.8 Å². The van der Waals surface area contributed by atoms with Crippen molar-refractivity contribution in [2.24, 2.45) is 11.8 Å². The van der Waals surface area contributed by atoms with Crippen LogP contribution in [0, 0.1) is 23.2 Å². The number of likely N-dealkylation sites (tertiary alicyclic amines) is 1. The Morgan fingerprint density at radius 3 is 2.66 bits per heavy atom. The van der Waals surface area contributed by atoms with E-state index in [1.54, 1.807) is 32.0 Å². The van der Waals surface area contributed by atoms with E-state index in [1.165, 1.54) is 16.7 Å². The minimum Gasteiger partial charge on any atom is -0.477 e. The maximum atomic E-state index is 13.0. The number of aliphatic carboxylic acids is 1. The van der Waals surface area contributed by atoms with E-state index in [2.05, 4.69) is 11.0 Å². The highest BCUT2D eigenvalue weighted by atomic mass is 32.2. The number of likely N-dealkylation sites (N-methyl/N-ethyl adjacent to an activating group) is 1. The number of nitrogens with zero attached hydrogens (tertiary/aromatic N) is 4. The molecule has 35 heavy (non-hydrogen) atoms. The molecule has 0 aliphatic carbocycles. The molecule has 186 valence electrons. The highest BCUT2D eigenvalue weighted by Crippen LogP contribution is 2.52. The van der Waals surface area contributed by atoms with E-state index < -0.39 is 18.0 Å². The maximum Gasteiger partial charge on any atom is 0.353 e. The normalized spacial score (nSPS) is 29.0. The van der Waals surface area contributed by atoms with Crippen molar-refractivity contribution in [3.63, 3.8) is 0 Å². The molecule has 3 aliphatic rings. The Labute approximate surface area is 209 Å². The van der Waals surface area contributed by atoms with E-state index in [-0.39, 0.29) is 40.8 Å². The first-order valence-corrected chi connectivity index (χ1v) is 12.5. The SMILES string of the molecule is C[C@@H](O)[C@H]1C(=O)N2C(C(=O)O)=C(S[C@H]3C[C@@H](C(=O)N(C)C)N(Cc4cccc(C#N)c4)C3)[C@H](C)[C@H]12. The van der Waals surface area contributed by atoms with Gasteiger partial charge in [-0.3, -0.25) is 14.5 Å². The van der Waals surface area contributed by atoms with Crippen LogP contribution in [0.3, 0.4) is 0 Å². The molecule has 3 heterocycles. The van der Waals surface area contributed by atoms with Crippen molar-refractivity contribution in [1.29, 1.82) is 5.26 Å². The van der Waals surface area contributed by atoms with Gasteiger partial charge in [-0.15, -0.1) is 11.8 Å². The van der Waals surface area contributed by atoms with Gasteiger partial charge in [-0.25, -0.2) is 4.79 Å². The lowest BCUT2D eigenvalue weighted by Gasteiger charge is -2.46. The third-order valence-corrected chi connectivity index (χ3v) is 8.63. The van der Waals surface area contributed by atoms with Crippen LogP contribution < -0.4 is 0 Å². The number of hydrogen-bond acceptors (Lipinski definition) is 7. The van der Waals surface area contributed by atoms with Gasteiger partial charge in [0.1, 0.15) is 5.70 Å². The summed E-state index contributed by atoms with van der Waals surface area (Å²) in [5.41, 5.74) is 1.49. The second-order valence-corrected chi connectivity index (χ2v) is 11.1. The fourth-order valence-corrected chi connectivity index (χ4v) is 7.06. The zero-order valence-corrected chi connectivity index (χ0v) is 21.0. The van der Waals surface area contributed by atoms with Crippen LogP contribution in [0.1, 0.15) is 31.4 Å². The summed E-state index contributed by atoms with van der Waals surface area (Å²) in [6.45, 7) is 4.52. The Balaban J connectivity index is 1.58. The van der Waals surface area contributed by atoms with Crippen molar-refractivity contribution in [2.75, 3.05) is 20.6 Å². The van der Waals surface area contributed by atoms with Crippen molar-refractivity contribution >= 4 is 29.5 Å². The van der Waals surface area contributed by atoms with Crippen LogP contribution in [0.4, 0.5) is 0 Å². The average molecular weight is 499 g/mol. The minimum atomic E-state index is -1.15. The van der Waals surface area contributed by atoms with Gasteiger partial charge in [0.15, 0.2) is 0 Å². The molecular formula is C25H30N4O5S. The van der Waals surface area contributed by atoms with E-state index in [4.69, 9.17) is 0 Å². The van der Waals surface area contributed by atoms with E-state index >= 15 is 0 Å². The Kier molecular flexibility index (Phi) is 6.95. The summed E-state index contributed by atoms with van der Waals surface area (Å²) in [6.07, 6.45) is -0.305. The number of carboxylic acids is 1. The molecule has 9 nitrogen and oxygen atoms in total. The number of β-lactam (4-membered cyclic amide) rings is 1. The van der Waals surface area contributed by atoms with E-state index in [9.17, 15) is 29.9 Å². The maximum absolute atomic E-state index is 13.0. The Bertz CT molecular complexity index is 1130. The monoisotopic (exact) mass is 498 g/mol. The lowest BCUT2D eigenvalue weighted by atomic mass is 9.79. The third-order valence-electron chi connectivity index (χ3n) is 7.14. The molecule has 2 fully saturated rings. The number of fused-ring (bicyclic) bond motifs is 1. The first kappa shape index (κ1) is 25.2. The van der Waals surface area contributed by atoms with E-state index in [0.717, 1.165) is 5.56 Å². The number of aliphatic hydroxyl groups is 1. The summed E-state index contributed by atoms with van der Waals surface area (Å²) in [5, 5.41) is 29.2. The highest BCUT2D eigenvalue weighted by Gasteiger charge is 2.60. The predicted octanol–water partition coefficient (Wildman–Crippen LogP) is 1.48. The molecule has 0 unspecified atom stereocenters. The van der Waals surface area contributed by atoms with Crippen LogP contribution in [0.5, 0.6) is 0 Å². The molecule has 2 saturated heterocycles.